The number of hydrogen-bond acceptors (Lipinski definition) is 5. The molecule has 0 radical (unpaired) electrons. The van der Waals surface area contributed by atoms with E-state index in [1.165, 1.54) is 5.56 Å². The summed E-state index contributed by atoms with van der Waals surface area (Å²) in [6.07, 6.45) is 0. The first-order valence-electron chi connectivity index (χ1n) is 11.5. The minimum absolute atomic E-state index is 0.0225. The van der Waals surface area contributed by atoms with Crippen molar-refractivity contribution in [1.82, 2.24) is 10.1 Å². The summed E-state index contributed by atoms with van der Waals surface area (Å²) in [6.45, 7) is 12.0. The van der Waals surface area contributed by atoms with Gasteiger partial charge in [0.15, 0.2) is 5.82 Å². The molecule has 2 aromatic heterocycles. The Labute approximate surface area is 204 Å². The van der Waals surface area contributed by atoms with Crippen LogP contribution in [0.15, 0.2) is 63.9 Å². The van der Waals surface area contributed by atoms with E-state index in [-0.39, 0.29) is 16.9 Å². The smallest absolute Gasteiger partial charge is 0.271 e. The predicted molar refractivity (Wildman–Crippen MR) is 140 cm³/mol. The molecule has 4 rings (SSSR count). The second-order valence-corrected chi connectivity index (χ2v) is 9.76. The van der Waals surface area contributed by atoms with Crippen molar-refractivity contribution in [2.75, 3.05) is 10.6 Å². The van der Waals surface area contributed by atoms with Crippen molar-refractivity contribution in [1.29, 1.82) is 0 Å². The number of amides is 1. The molecule has 3 N–H and O–H groups in total. The normalized spacial score (nSPS) is 11.4. The Morgan fingerprint density at radius 1 is 0.943 bits per heavy atom. The second-order valence-electron chi connectivity index (χ2n) is 9.76. The molecule has 0 fully saturated rings. The lowest BCUT2D eigenvalue weighted by Gasteiger charge is -2.19. The second kappa shape index (κ2) is 9.25. The highest BCUT2D eigenvalue weighted by Gasteiger charge is 2.17. The lowest BCUT2D eigenvalue weighted by atomic mass is 9.86. The van der Waals surface area contributed by atoms with Crippen molar-refractivity contribution in [2.45, 2.75) is 47.0 Å². The molecule has 0 aliphatic rings. The molecule has 0 bridgehead atoms. The highest BCUT2D eigenvalue weighted by molar-refractivity contribution is 6.05. The third-order valence-electron chi connectivity index (χ3n) is 6.01. The Balaban J connectivity index is 1.63. The van der Waals surface area contributed by atoms with Crippen molar-refractivity contribution in [3.05, 3.63) is 93.1 Å². The first-order chi connectivity index (χ1) is 16.5. The number of rotatable bonds is 5. The van der Waals surface area contributed by atoms with Crippen LogP contribution in [0.3, 0.4) is 0 Å². The van der Waals surface area contributed by atoms with Gasteiger partial charge in [0.05, 0.1) is 0 Å². The van der Waals surface area contributed by atoms with Gasteiger partial charge in [-0.2, -0.15) is 0 Å². The molecular formula is C28H30N4O3. The van der Waals surface area contributed by atoms with Gasteiger partial charge >= 0.3 is 0 Å². The van der Waals surface area contributed by atoms with Crippen LogP contribution in [-0.2, 0) is 5.41 Å². The number of aromatic amines is 1. The molecule has 4 aromatic rings. The molecule has 0 aliphatic carbocycles. The number of benzene rings is 2. The minimum atomic E-state index is -0.257. The van der Waals surface area contributed by atoms with Crippen molar-refractivity contribution in [3.8, 4) is 11.1 Å². The minimum Gasteiger partial charge on any atom is -0.360 e. The van der Waals surface area contributed by atoms with Gasteiger partial charge in [-0.25, -0.2) is 0 Å². The Morgan fingerprint density at radius 2 is 1.66 bits per heavy atom. The van der Waals surface area contributed by atoms with Crippen LogP contribution in [0.4, 0.5) is 17.2 Å². The molecule has 0 saturated carbocycles. The molecule has 180 valence electrons. The number of pyridine rings is 1. The number of nitrogens with zero attached hydrogens (tertiary/aromatic N) is 1. The SMILES string of the molecule is Cc1cc(Nc2cc(-c3cccc(NC(=O)c4ccc(C(C)(C)C)cc4)c3C)c(C)[nH]c2=O)no1. The van der Waals surface area contributed by atoms with Crippen LogP contribution in [0.1, 0.15) is 53.7 Å². The van der Waals surface area contributed by atoms with Crippen LogP contribution in [0.2, 0.25) is 0 Å². The molecule has 0 unspecified atom stereocenters. The van der Waals surface area contributed by atoms with Gasteiger partial charge < -0.3 is 20.1 Å². The summed E-state index contributed by atoms with van der Waals surface area (Å²) in [5.74, 6) is 0.925. The van der Waals surface area contributed by atoms with E-state index in [0.717, 1.165) is 22.4 Å². The summed E-state index contributed by atoms with van der Waals surface area (Å²) in [4.78, 5) is 28.4. The fraction of sp³-hybridized carbons (Fsp3) is 0.250. The molecule has 2 aromatic carbocycles. The maximum Gasteiger partial charge on any atom is 0.271 e. The first kappa shape index (κ1) is 24.0. The largest absolute Gasteiger partial charge is 0.360 e. The third-order valence-corrected chi connectivity index (χ3v) is 6.01. The summed E-state index contributed by atoms with van der Waals surface area (Å²) in [7, 11) is 0. The monoisotopic (exact) mass is 470 g/mol. The number of carbonyl (C=O) groups is 1. The van der Waals surface area contributed by atoms with Crippen molar-refractivity contribution >= 4 is 23.1 Å². The molecule has 2 heterocycles. The summed E-state index contributed by atoms with van der Waals surface area (Å²) >= 11 is 0. The van der Waals surface area contributed by atoms with E-state index in [4.69, 9.17) is 4.52 Å². The van der Waals surface area contributed by atoms with E-state index >= 15 is 0 Å². The molecule has 0 saturated heterocycles. The summed E-state index contributed by atoms with van der Waals surface area (Å²) in [6, 6.07) is 16.9. The summed E-state index contributed by atoms with van der Waals surface area (Å²) < 4.78 is 5.08. The molecule has 0 aliphatic heterocycles. The van der Waals surface area contributed by atoms with E-state index < -0.39 is 0 Å². The van der Waals surface area contributed by atoms with Crippen LogP contribution in [0, 0.1) is 20.8 Å². The Bertz CT molecular complexity index is 1440. The lowest BCUT2D eigenvalue weighted by molar-refractivity contribution is 0.102. The van der Waals surface area contributed by atoms with E-state index in [2.05, 4.69) is 41.5 Å². The van der Waals surface area contributed by atoms with E-state index in [9.17, 15) is 9.59 Å². The average Bonchev–Trinajstić information content (AvgIpc) is 3.21. The molecule has 0 spiro atoms. The van der Waals surface area contributed by atoms with Crippen LogP contribution < -0.4 is 16.2 Å². The van der Waals surface area contributed by atoms with Crippen molar-refractivity contribution in [2.24, 2.45) is 0 Å². The van der Waals surface area contributed by atoms with Crippen LogP contribution in [0.25, 0.3) is 11.1 Å². The number of hydrogen-bond donors (Lipinski definition) is 3. The van der Waals surface area contributed by atoms with Gasteiger partial charge in [-0.1, -0.05) is 50.2 Å². The van der Waals surface area contributed by atoms with Crippen LogP contribution in [0.5, 0.6) is 0 Å². The van der Waals surface area contributed by atoms with E-state index in [0.29, 0.717) is 28.5 Å². The summed E-state index contributed by atoms with van der Waals surface area (Å²) in [5.41, 5.74) is 5.96. The number of aromatic nitrogens is 2. The number of carbonyl (C=O) groups excluding carboxylic acids is 1. The van der Waals surface area contributed by atoms with Gasteiger partial charge in [-0.3, -0.25) is 9.59 Å². The van der Waals surface area contributed by atoms with E-state index in [1.807, 2.05) is 56.3 Å². The van der Waals surface area contributed by atoms with Crippen LogP contribution >= 0.6 is 0 Å². The lowest BCUT2D eigenvalue weighted by Crippen LogP contribution is -2.15. The Hall–Kier alpha value is -4.13. The molecule has 1 amide bonds. The summed E-state index contributed by atoms with van der Waals surface area (Å²) in [5, 5.41) is 9.95. The molecular weight excluding hydrogens is 440 g/mol. The zero-order valence-corrected chi connectivity index (χ0v) is 20.9. The van der Waals surface area contributed by atoms with Crippen molar-refractivity contribution < 1.29 is 9.32 Å². The highest BCUT2D eigenvalue weighted by Crippen LogP contribution is 2.32. The molecule has 7 heteroatoms. The van der Waals surface area contributed by atoms with E-state index in [1.54, 1.807) is 19.1 Å². The maximum absolute atomic E-state index is 13.0. The zero-order valence-electron chi connectivity index (χ0n) is 20.9. The van der Waals surface area contributed by atoms with Gasteiger partial charge in [0.25, 0.3) is 11.5 Å². The fourth-order valence-corrected chi connectivity index (χ4v) is 3.94. The average molecular weight is 471 g/mol. The van der Waals surface area contributed by atoms with Gasteiger partial charge in [0.2, 0.25) is 0 Å². The van der Waals surface area contributed by atoms with Gasteiger partial charge in [0, 0.05) is 28.6 Å². The third kappa shape index (κ3) is 5.19. The zero-order chi connectivity index (χ0) is 25.3. The highest BCUT2D eigenvalue weighted by atomic mass is 16.5. The standard InChI is InChI=1S/C28H30N4O3/c1-16-14-25(32-35-16)30-24-15-22(18(3)29-27(24)34)21-8-7-9-23(17(21)2)31-26(33)19-10-12-20(13-11-19)28(4,5)6/h7-15H,1-6H3,(H,29,34)(H,30,32)(H,31,33). The predicted octanol–water partition coefficient (Wildman–Crippen LogP) is 6.25. The molecule has 35 heavy (non-hydrogen) atoms. The van der Waals surface area contributed by atoms with Gasteiger partial charge in [-0.05, 0) is 67.1 Å². The van der Waals surface area contributed by atoms with Crippen molar-refractivity contribution in [3.63, 3.8) is 0 Å². The number of aryl methyl sites for hydroxylation is 2. The van der Waals surface area contributed by atoms with Gasteiger partial charge in [-0.15, -0.1) is 0 Å². The quantitative estimate of drug-likeness (QED) is 0.320. The Morgan fingerprint density at radius 3 is 2.29 bits per heavy atom. The van der Waals surface area contributed by atoms with Crippen LogP contribution in [-0.4, -0.2) is 16.0 Å². The number of H-pyrrole nitrogens is 1. The number of anilines is 3. The topological polar surface area (TPSA) is 100 Å². The number of nitrogens with one attached hydrogen (secondary N) is 3. The fourth-order valence-electron chi connectivity index (χ4n) is 3.94. The van der Waals surface area contributed by atoms with Gasteiger partial charge in [0.1, 0.15) is 11.4 Å². The Kier molecular flexibility index (Phi) is 6.35. The molecule has 7 nitrogen and oxygen atoms in total. The first-order valence-corrected chi connectivity index (χ1v) is 11.5. The maximum atomic E-state index is 13.0. The molecule has 0 atom stereocenters.